The smallest absolute Gasteiger partial charge is 0.240 e. The molecule has 1 amide bonds. The molecular formula is C11H19N5O2S. The van der Waals surface area contributed by atoms with E-state index in [0.29, 0.717) is 18.2 Å². The quantitative estimate of drug-likeness (QED) is 0.751. The normalized spacial score (nSPS) is 17.6. The number of hydrogen-bond acceptors (Lipinski definition) is 7. The number of carbonyl (C=O) groups excluding carboxylic acids is 1. The van der Waals surface area contributed by atoms with Gasteiger partial charge in [0.15, 0.2) is 0 Å². The number of aryl methyl sites for hydroxylation is 1. The predicted octanol–water partition coefficient (Wildman–Crippen LogP) is -0.605. The molecule has 0 atom stereocenters. The summed E-state index contributed by atoms with van der Waals surface area (Å²) in [4.78, 5) is 16.1. The van der Waals surface area contributed by atoms with Gasteiger partial charge in [0.05, 0.1) is 13.2 Å². The second kappa shape index (κ2) is 6.90. The van der Waals surface area contributed by atoms with Gasteiger partial charge in [0.25, 0.3) is 0 Å². The third-order valence-corrected chi connectivity index (χ3v) is 3.77. The minimum Gasteiger partial charge on any atom is -0.395 e. The van der Waals surface area contributed by atoms with E-state index in [-0.39, 0.29) is 12.5 Å². The Hall–Kier alpha value is -1.09. The number of aliphatic hydroxyl groups is 1. The van der Waals surface area contributed by atoms with E-state index in [0.717, 1.165) is 31.2 Å². The van der Waals surface area contributed by atoms with E-state index in [2.05, 4.69) is 25.3 Å². The van der Waals surface area contributed by atoms with Crippen LogP contribution in [0.3, 0.4) is 0 Å². The molecule has 0 aromatic carbocycles. The van der Waals surface area contributed by atoms with Crippen LogP contribution in [0.5, 0.6) is 0 Å². The van der Waals surface area contributed by atoms with Gasteiger partial charge in [0.1, 0.15) is 5.01 Å². The van der Waals surface area contributed by atoms with Crippen LogP contribution < -0.4 is 5.32 Å². The van der Waals surface area contributed by atoms with E-state index in [1.54, 1.807) is 0 Å². The highest BCUT2D eigenvalue weighted by molar-refractivity contribution is 7.15. The zero-order valence-electron chi connectivity index (χ0n) is 11.0. The van der Waals surface area contributed by atoms with E-state index in [1.807, 2.05) is 6.92 Å². The summed E-state index contributed by atoms with van der Waals surface area (Å²) in [7, 11) is 0. The number of aromatic nitrogens is 2. The van der Waals surface area contributed by atoms with Crippen molar-refractivity contribution in [3.05, 3.63) is 5.01 Å². The second-order valence-electron chi connectivity index (χ2n) is 4.52. The highest BCUT2D eigenvalue weighted by Gasteiger charge is 2.18. The van der Waals surface area contributed by atoms with Crippen molar-refractivity contribution in [3.63, 3.8) is 0 Å². The van der Waals surface area contributed by atoms with Crippen molar-refractivity contribution in [1.82, 2.24) is 20.0 Å². The molecule has 0 unspecified atom stereocenters. The number of nitrogens with zero attached hydrogens (tertiary/aromatic N) is 4. The second-order valence-corrected chi connectivity index (χ2v) is 5.70. The molecule has 1 aromatic rings. The molecule has 1 aromatic heterocycles. The summed E-state index contributed by atoms with van der Waals surface area (Å²) < 4.78 is 0. The zero-order chi connectivity index (χ0) is 13.7. The van der Waals surface area contributed by atoms with Crippen molar-refractivity contribution in [2.24, 2.45) is 0 Å². The molecule has 0 saturated carbocycles. The van der Waals surface area contributed by atoms with Gasteiger partial charge in [0.2, 0.25) is 11.0 Å². The molecule has 1 saturated heterocycles. The van der Waals surface area contributed by atoms with E-state index < -0.39 is 0 Å². The van der Waals surface area contributed by atoms with Crippen LogP contribution in [0.2, 0.25) is 0 Å². The molecule has 2 heterocycles. The Kier molecular flexibility index (Phi) is 5.20. The largest absolute Gasteiger partial charge is 0.395 e. The van der Waals surface area contributed by atoms with Gasteiger partial charge < -0.3 is 5.11 Å². The highest BCUT2D eigenvalue weighted by atomic mass is 32.1. The van der Waals surface area contributed by atoms with Gasteiger partial charge >= 0.3 is 0 Å². The summed E-state index contributed by atoms with van der Waals surface area (Å²) in [5.74, 6) is -0.0493. The van der Waals surface area contributed by atoms with Gasteiger partial charge in [-0.25, -0.2) is 0 Å². The lowest BCUT2D eigenvalue weighted by molar-refractivity contribution is -0.117. The van der Waals surface area contributed by atoms with Crippen molar-refractivity contribution in [1.29, 1.82) is 0 Å². The first-order valence-electron chi connectivity index (χ1n) is 6.33. The lowest BCUT2D eigenvalue weighted by Gasteiger charge is -2.33. The third kappa shape index (κ3) is 4.50. The molecular weight excluding hydrogens is 266 g/mol. The van der Waals surface area contributed by atoms with E-state index in [4.69, 9.17) is 5.11 Å². The molecule has 1 aliphatic heterocycles. The first kappa shape index (κ1) is 14.3. The Morgan fingerprint density at radius 1 is 1.32 bits per heavy atom. The maximum Gasteiger partial charge on any atom is 0.240 e. The van der Waals surface area contributed by atoms with Crippen molar-refractivity contribution >= 4 is 22.4 Å². The number of rotatable bonds is 5. The van der Waals surface area contributed by atoms with Crippen molar-refractivity contribution in [2.45, 2.75) is 6.92 Å². The molecule has 0 radical (unpaired) electrons. The van der Waals surface area contributed by atoms with Crippen LogP contribution in [0, 0.1) is 6.92 Å². The lowest BCUT2D eigenvalue weighted by Crippen LogP contribution is -2.49. The fraction of sp³-hybridized carbons (Fsp3) is 0.727. The maximum atomic E-state index is 11.8. The highest BCUT2D eigenvalue weighted by Crippen LogP contribution is 2.13. The van der Waals surface area contributed by atoms with Crippen molar-refractivity contribution in [3.8, 4) is 0 Å². The number of nitrogens with one attached hydrogen (secondary N) is 1. The number of β-amino-alcohol motifs (C(OH)–C–C–N with tert-alkyl or cyclic N) is 1. The first-order chi connectivity index (χ1) is 9.17. The predicted molar refractivity (Wildman–Crippen MR) is 73.2 cm³/mol. The number of aliphatic hydroxyl groups excluding tert-OH is 1. The summed E-state index contributed by atoms with van der Waals surface area (Å²) in [5.41, 5.74) is 0. The monoisotopic (exact) mass is 285 g/mol. The lowest BCUT2D eigenvalue weighted by atomic mass is 10.3. The molecule has 19 heavy (non-hydrogen) atoms. The fourth-order valence-electron chi connectivity index (χ4n) is 2.02. The summed E-state index contributed by atoms with van der Waals surface area (Å²) in [5, 5.41) is 20.7. The zero-order valence-corrected chi connectivity index (χ0v) is 11.8. The van der Waals surface area contributed by atoms with Crippen LogP contribution in [0.15, 0.2) is 0 Å². The standard InChI is InChI=1S/C11H19N5O2S/c1-9-13-14-11(19-9)12-10(18)8-16-4-2-15(3-5-16)6-7-17/h17H,2-8H2,1H3,(H,12,14,18). The Bertz CT molecular complexity index is 417. The molecule has 106 valence electrons. The van der Waals surface area contributed by atoms with Crippen LogP contribution in [-0.4, -0.2) is 76.9 Å². The molecule has 2 rings (SSSR count). The van der Waals surface area contributed by atoms with Crippen LogP contribution in [-0.2, 0) is 4.79 Å². The van der Waals surface area contributed by atoms with Gasteiger partial charge in [0, 0.05) is 32.7 Å². The van der Waals surface area contributed by atoms with Gasteiger partial charge in [-0.1, -0.05) is 11.3 Å². The Labute approximate surface area is 116 Å². The number of carbonyl (C=O) groups is 1. The molecule has 1 aliphatic rings. The van der Waals surface area contributed by atoms with Gasteiger partial charge in [-0.15, -0.1) is 10.2 Å². The Morgan fingerprint density at radius 2 is 2.00 bits per heavy atom. The fourth-order valence-corrected chi connectivity index (χ4v) is 2.63. The summed E-state index contributed by atoms with van der Waals surface area (Å²) in [6, 6.07) is 0. The summed E-state index contributed by atoms with van der Waals surface area (Å²) >= 11 is 1.38. The molecule has 2 N–H and O–H groups in total. The number of amides is 1. The van der Waals surface area contributed by atoms with E-state index in [9.17, 15) is 4.79 Å². The summed E-state index contributed by atoms with van der Waals surface area (Å²) in [6.07, 6.45) is 0. The molecule has 7 nitrogen and oxygen atoms in total. The number of anilines is 1. The summed E-state index contributed by atoms with van der Waals surface area (Å²) in [6.45, 7) is 6.63. The Balaban J connectivity index is 1.71. The van der Waals surface area contributed by atoms with Crippen LogP contribution in [0.1, 0.15) is 5.01 Å². The van der Waals surface area contributed by atoms with Crippen LogP contribution >= 0.6 is 11.3 Å². The number of piperazine rings is 1. The Morgan fingerprint density at radius 3 is 2.58 bits per heavy atom. The average molecular weight is 285 g/mol. The topological polar surface area (TPSA) is 81.6 Å². The van der Waals surface area contributed by atoms with Crippen LogP contribution in [0.4, 0.5) is 5.13 Å². The minimum atomic E-state index is -0.0493. The number of hydrogen-bond donors (Lipinski definition) is 2. The average Bonchev–Trinajstić information content (AvgIpc) is 2.77. The molecule has 1 fully saturated rings. The first-order valence-corrected chi connectivity index (χ1v) is 7.14. The molecule has 0 bridgehead atoms. The molecule has 8 heteroatoms. The van der Waals surface area contributed by atoms with Crippen molar-refractivity contribution in [2.75, 3.05) is 51.2 Å². The van der Waals surface area contributed by atoms with Gasteiger partial charge in [-0.05, 0) is 6.92 Å². The maximum absolute atomic E-state index is 11.8. The molecule has 0 spiro atoms. The van der Waals surface area contributed by atoms with E-state index in [1.165, 1.54) is 11.3 Å². The molecule has 0 aliphatic carbocycles. The van der Waals surface area contributed by atoms with Crippen LogP contribution in [0.25, 0.3) is 0 Å². The van der Waals surface area contributed by atoms with Gasteiger partial charge in [-0.2, -0.15) is 0 Å². The minimum absolute atomic E-state index is 0.0493. The van der Waals surface area contributed by atoms with Gasteiger partial charge in [-0.3, -0.25) is 19.9 Å². The third-order valence-electron chi connectivity index (χ3n) is 3.02. The van der Waals surface area contributed by atoms with E-state index >= 15 is 0 Å². The van der Waals surface area contributed by atoms with Crippen molar-refractivity contribution < 1.29 is 9.90 Å². The SMILES string of the molecule is Cc1nnc(NC(=O)CN2CCN(CCO)CC2)s1.